The Morgan fingerprint density at radius 2 is 2.04 bits per heavy atom. The highest BCUT2D eigenvalue weighted by Gasteiger charge is 2.39. The van der Waals surface area contributed by atoms with Gasteiger partial charge in [0.25, 0.3) is 5.91 Å². The van der Waals surface area contributed by atoms with Crippen LogP contribution in [0.3, 0.4) is 0 Å². The summed E-state index contributed by atoms with van der Waals surface area (Å²) in [7, 11) is 0. The molecule has 0 radical (unpaired) electrons. The maximum absolute atomic E-state index is 13.4. The minimum atomic E-state index is -0.505. The minimum Gasteiger partial charge on any atom is -0.358 e. The van der Waals surface area contributed by atoms with Crippen LogP contribution in [-0.2, 0) is 17.6 Å². The first-order chi connectivity index (χ1) is 13.0. The summed E-state index contributed by atoms with van der Waals surface area (Å²) in [6.07, 6.45) is 4.96. The second-order valence-electron chi connectivity index (χ2n) is 8.15. The van der Waals surface area contributed by atoms with Crippen LogP contribution in [0.15, 0.2) is 18.2 Å². The lowest BCUT2D eigenvalue weighted by molar-refractivity contribution is -0.125. The van der Waals surface area contributed by atoms with E-state index >= 15 is 0 Å². The van der Waals surface area contributed by atoms with Gasteiger partial charge < -0.3 is 20.9 Å². The number of H-pyrrole nitrogens is 1. The Morgan fingerprint density at radius 3 is 2.81 bits per heavy atom. The molecule has 1 aromatic carbocycles. The van der Waals surface area contributed by atoms with Crippen molar-refractivity contribution in [1.82, 2.24) is 15.2 Å². The molecule has 0 bridgehead atoms. The molecule has 1 saturated heterocycles. The maximum atomic E-state index is 13.4. The van der Waals surface area contributed by atoms with Crippen LogP contribution < -0.4 is 11.1 Å². The number of nitrogens with two attached hydrogens (primary N) is 1. The average Bonchev–Trinajstić information content (AvgIpc) is 3.21. The van der Waals surface area contributed by atoms with E-state index in [1.807, 2.05) is 26.0 Å². The van der Waals surface area contributed by atoms with Gasteiger partial charge in [-0.1, -0.05) is 12.1 Å². The Balaban J connectivity index is 1.69. The van der Waals surface area contributed by atoms with Gasteiger partial charge in [-0.3, -0.25) is 9.59 Å². The van der Waals surface area contributed by atoms with Gasteiger partial charge in [-0.25, -0.2) is 0 Å². The molecule has 1 fully saturated rings. The van der Waals surface area contributed by atoms with Gasteiger partial charge in [0.05, 0.1) is 11.1 Å². The zero-order chi connectivity index (χ0) is 19.1. The van der Waals surface area contributed by atoms with Gasteiger partial charge >= 0.3 is 0 Å². The van der Waals surface area contributed by atoms with Gasteiger partial charge in [-0.2, -0.15) is 0 Å². The van der Waals surface area contributed by atoms with Crippen LogP contribution in [0.2, 0.25) is 0 Å². The van der Waals surface area contributed by atoms with Crippen LogP contribution in [0.5, 0.6) is 0 Å². The number of para-hydroxylation sites is 1. The van der Waals surface area contributed by atoms with Crippen molar-refractivity contribution in [3.05, 3.63) is 35.0 Å². The number of hydrogen-bond acceptors (Lipinski definition) is 3. The third-order valence-corrected chi connectivity index (χ3v) is 5.69. The molecule has 1 aliphatic heterocycles. The van der Waals surface area contributed by atoms with Crippen LogP contribution >= 0.6 is 0 Å². The third kappa shape index (κ3) is 3.23. The summed E-state index contributed by atoms with van der Waals surface area (Å²) in [6, 6.07) is 5.24. The second kappa shape index (κ2) is 7.00. The highest BCUT2D eigenvalue weighted by atomic mass is 16.2. The number of aromatic nitrogens is 1. The van der Waals surface area contributed by atoms with E-state index in [-0.39, 0.29) is 23.9 Å². The van der Waals surface area contributed by atoms with Gasteiger partial charge in [-0.15, -0.1) is 0 Å². The topological polar surface area (TPSA) is 91.2 Å². The molecule has 4 rings (SSSR count). The van der Waals surface area contributed by atoms with E-state index in [1.165, 1.54) is 24.1 Å². The number of aryl methyl sites for hydroxylation is 2. The Bertz CT molecular complexity index is 886. The highest BCUT2D eigenvalue weighted by molar-refractivity contribution is 6.08. The van der Waals surface area contributed by atoms with Gasteiger partial charge in [-0.05, 0) is 57.6 Å². The van der Waals surface area contributed by atoms with Gasteiger partial charge in [0.1, 0.15) is 6.04 Å². The lowest BCUT2D eigenvalue weighted by Gasteiger charge is -2.25. The zero-order valence-corrected chi connectivity index (χ0v) is 16.0. The Hall–Kier alpha value is -2.34. The first kappa shape index (κ1) is 18.0. The average molecular weight is 368 g/mol. The molecule has 2 amide bonds. The van der Waals surface area contributed by atoms with Crippen molar-refractivity contribution in [2.24, 2.45) is 5.73 Å². The predicted molar refractivity (Wildman–Crippen MR) is 106 cm³/mol. The van der Waals surface area contributed by atoms with E-state index in [0.717, 1.165) is 23.7 Å². The molecule has 2 aliphatic rings. The number of hydrogen-bond donors (Lipinski definition) is 3. The summed E-state index contributed by atoms with van der Waals surface area (Å²) in [5, 5.41) is 4.06. The summed E-state index contributed by atoms with van der Waals surface area (Å²) >= 11 is 0. The fourth-order valence-corrected chi connectivity index (χ4v) is 4.48. The van der Waals surface area contributed by atoms with Crippen molar-refractivity contribution < 1.29 is 9.59 Å². The summed E-state index contributed by atoms with van der Waals surface area (Å²) in [5.74, 6) is -0.236. The van der Waals surface area contributed by atoms with Crippen LogP contribution in [0, 0.1) is 0 Å². The molecule has 1 aromatic heterocycles. The third-order valence-electron chi connectivity index (χ3n) is 5.69. The predicted octanol–water partition coefficient (Wildman–Crippen LogP) is 2.11. The molecular weight excluding hydrogens is 340 g/mol. The molecule has 2 atom stereocenters. The summed E-state index contributed by atoms with van der Waals surface area (Å²) in [6.45, 7) is 4.25. The van der Waals surface area contributed by atoms with E-state index in [1.54, 1.807) is 4.90 Å². The van der Waals surface area contributed by atoms with Crippen LogP contribution in [0.25, 0.3) is 10.9 Å². The number of benzene rings is 1. The van der Waals surface area contributed by atoms with Gasteiger partial charge in [0.15, 0.2) is 0 Å². The number of amides is 2. The van der Waals surface area contributed by atoms with Crippen molar-refractivity contribution in [3.8, 4) is 0 Å². The standard InChI is InChI=1S/C21H28N4O2/c1-12(2)23-20(26)18-10-13(22)11-25(18)21(27)16-8-5-7-15-14-6-3-4-9-17(14)24-19(15)16/h5,7-8,12-13,18,24H,3-4,6,9-11,22H2,1-2H3,(H,23,26)/t13-,18-/m0/s1. The summed E-state index contributed by atoms with van der Waals surface area (Å²) < 4.78 is 0. The molecule has 6 heteroatoms. The van der Waals surface area contributed by atoms with Crippen molar-refractivity contribution in [2.45, 2.75) is 64.1 Å². The van der Waals surface area contributed by atoms with Gasteiger partial charge in [0.2, 0.25) is 5.91 Å². The smallest absolute Gasteiger partial charge is 0.256 e. The fraction of sp³-hybridized carbons (Fsp3) is 0.524. The quantitative estimate of drug-likeness (QED) is 0.775. The molecule has 6 nitrogen and oxygen atoms in total. The van der Waals surface area contributed by atoms with E-state index in [9.17, 15) is 9.59 Å². The highest BCUT2D eigenvalue weighted by Crippen LogP contribution is 2.32. The number of rotatable bonds is 3. The Kier molecular flexibility index (Phi) is 4.68. The number of nitrogens with one attached hydrogen (secondary N) is 2. The molecule has 4 N–H and O–H groups in total. The van der Waals surface area contributed by atoms with E-state index in [4.69, 9.17) is 5.73 Å². The SMILES string of the molecule is CC(C)NC(=O)[C@@H]1C[C@H](N)CN1C(=O)c1cccc2c3c([nH]c12)CCCC3. The van der Waals surface area contributed by atoms with Crippen molar-refractivity contribution >= 4 is 22.7 Å². The number of nitrogens with zero attached hydrogens (tertiary/aromatic N) is 1. The van der Waals surface area contributed by atoms with Crippen molar-refractivity contribution in [3.63, 3.8) is 0 Å². The summed E-state index contributed by atoms with van der Waals surface area (Å²) in [5.41, 5.74) is 10.2. The molecular formula is C21H28N4O2. The monoisotopic (exact) mass is 368 g/mol. The largest absolute Gasteiger partial charge is 0.358 e. The first-order valence-electron chi connectivity index (χ1n) is 9.95. The Morgan fingerprint density at radius 1 is 1.26 bits per heavy atom. The number of carbonyl (C=O) groups excluding carboxylic acids is 2. The number of aromatic amines is 1. The second-order valence-corrected chi connectivity index (χ2v) is 8.15. The van der Waals surface area contributed by atoms with E-state index in [2.05, 4.69) is 16.4 Å². The van der Waals surface area contributed by atoms with Crippen molar-refractivity contribution in [2.75, 3.05) is 6.54 Å². The summed E-state index contributed by atoms with van der Waals surface area (Å²) in [4.78, 5) is 31.1. The minimum absolute atomic E-state index is 0.0323. The lowest BCUT2D eigenvalue weighted by atomic mass is 9.95. The van der Waals surface area contributed by atoms with Crippen LogP contribution in [0.1, 0.15) is 54.7 Å². The molecule has 1 aliphatic carbocycles. The van der Waals surface area contributed by atoms with E-state index in [0.29, 0.717) is 18.5 Å². The molecule has 0 saturated carbocycles. The first-order valence-corrected chi connectivity index (χ1v) is 9.95. The molecule has 2 heterocycles. The van der Waals surface area contributed by atoms with Crippen LogP contribution in [0.4, 0.5) is 0 Å². The maximum Gasteiger partial charge on any atom is 0.256 e. The molecule has 27 heavy (non-hydrogen) atoms. The fourth-order valence-electron chi connectivity index (χ4n) is 4.48. The molecule has 0 spiro atoms. The van der Waals surface area contributed by atoms with Crippen LogP contribution in [-0.4, -0.2) is 46.4 Å². The molecule has 144 valence electrons. The lowest BCUT2D eigenvalue weighted by Crippen LogP contribution is -2.47. The van der Waals surface area contributed by atoms with Crippen molar-refractivity contribution in [1.29, 1.82) is 0 Å². The Labute approximate surface area is 159 Å². The molecule has 0 unspecified atom stereocenters. The molecule has 2 aromatic rings. The number of likely N-dealkylation sites (tertiary alicyclic amines) is 1. The van der Waals surface area contributed by atoms with E-state index < -0.39 is 6.04 Å². The number of fused-ring (bicyclic) bond motifs is 3. The normalized spacial score (nSPS) is 22.3. The number of carbonyl (C=O) groups is 2. The van der Waals surface area contributed by atoms with Gasteiger partial charge in [0, 0.05) is 29.7 Å². The zero-order valence-electron chi connectivity index (χ0n) is 16.0.